The van der Waals surface area contributed by atoms with E-state index in [1.54, 1.807) is 30.5 Å². The fraction of sp³-hybridized carbons (Fsp3) is 0.0588. The molecule has 0 aliphatic carbocycles. The van der Waals surface area contributed by atoms with Crippen molar-refractivity contribution in [1.29, 1.82) is 0 Å². The predicted octanol–water partition coefficient (Wildman–Crippen LogP) is 3.02. The maximum Gasteiger partial charge on any atom is 0.275 e. The fourth-order valence-electron chi connectivity index (χ4n) is 1.69. The highest BCUT2D eigenvalue weighted by atomic mass is 16.5. The van der Waals surface area contributed by atoms with Gasteiger partial charge in [0.25, 0.3) is 5.91 Å². The monoisotopic (exact) mass is 280 g/mol. The molecule has 106 valence electrons. The third kappa shape index (κ3) is 4.31. The molecular formula is C17H16N2O2. The zero-order valence-corrected chi connectivity index (χ0v) is 11.5. The van der Waals surface area contributed by atoms with Crippen LogP contribution in [0.2, 0.25) is 0 Å². The van der Waals surface area contributed by atoms with Crippen molar-refractivity contribution in [2.45, 2.75) is 0 Å². The van der Waals surface area contributed by atoms with Gasteiger partial charge in [-0.25, -0.2) is 5.43 Å². The van der Waals surface area contributed by atoms with Crippen LogP contribution in [-0.2, 0) is 0 Å². The highest BCUT2D eigenvalue weighted by Crippen LogP contribution is 2.17. The van der Waals surface area contributed by atoms with Gasteiger partial charge in [0.1, 0.15) is 12.4 Å². The van der Waals surface area contributed by atoms with E-state index in [4.69, 9.17) is 4.74 Å². The molecule has 0 spiro atoms. The van der Waals surface area contributed by atoms with Crippen molar-refractivity contribution in [2.75, 3.05) is 6.61 Å². The topological polar surface area (TPSA) is 50.7 Å². The number of para-hydroxylation sites is 1. The van der Waals surface area contributed by atoms with Crippen molar-refractivity contribution >= 4 is 12.1 Å². The van der Waals surface area contributed by atoms with Crippen LogP contribution in [0.3, 0.4) is 0 Å². The molecule has 2 aromatic rings. The molecule has 0 aliphatic rings. The summed E-state index contributed by atoms with van der Waals surface area (Å²) in [6.45, 7) is 3.93. The van der Waals surface area contributed by atoms with Crippen molar-refractivity contribution in [2.24, 2.45) is 5.10 Å². The number of benzene rings is 2. The molecule has 21 heavy (non-hydrogen) atoms. The third-order valence-corrected chi connectivity index (χ3v) is 2.67. The van der Waals surface area contributed by atoms with E-state index in [9.17, 15) is 4.79 Å². The second kappa shape index (κ2) is 7.65. The average Bonchev–Trinajstić information content (AvgIpc) is 2.54. The molecular weight excluding hydrogens is 264 g/mol. The number of hydrogen-bond donors (Lipinski definition) is 1. The highest BCUT2D eigenvalue weighted by molar-refractivity contribution is 5.97. The van der Waals surface area contributed by atoms with Gasteiger partial charge in [-0.3, -0.25) is 4.79 Å². The molecule has 0 aromatic heterocycles. The van der Waals surface area contributed by atoms with E-state index in [1.165, 1.54) is 0 Å². The van der Waals surface area contributed by atoms with Crippen LogP contribution in [-0.4, -0.2) is 18.7 Å². The number of carbonyl (C=O) groups excluding carboxylic acids is 1. The molecule has 4 heteroatoms. The lowest BCUT2D eigenvalue weighted by Gasteiger charge is -2.08. The van der Waals surface area contributed by atoms with Crippen LogP contribution in [0.5, 0.6) is 5.75 Å². The van der Waals surface area contributed by atoms with E-state index in [1.807, 2.05) is 36.4 Å². The lowest BCUT2D eigenvalue weighted by atomic mass is 10.2. The van der Waals surface area contributed by atoms with E-state index in [0.717, 1.165) is 5.56 Å². The molecule has 1 amide bonds. The van der Waals surface area contributed by atoms with Crippen LogP contribution in [0.25, 0.3) is 0 Å². The number of nitrogens with one attached hydrogen (secondary N) is 1. The van der Waals surface area contributed by atoms with Gasteiger partial charge in [0.15, 0.2) is 0 Å². The van der Waals surface area contributed by atoms with Crippen LogP contribution in [0.4, 0.5) is 0 Å². The molecule has 0 atom stereocenters. The minimum absolute atomic E-state index is 0.318. The third-order valence-electron chi connectivity index (χ3n) is 2.67. The Kier molecular flexibility index (Phi) is 5.29. The van der Waals surface area contributed by atoms with E-state index < -0.39 is 0 Å². The van der Waals surface area contributed by atoms with Crippen molar-refractivity contribution in [3.8, 4) is 5.75 Å². The smallest absolute Gasteiger partial charge is 0.275 e. The Balaban J connectivity index is 2.03. The van der Waals surface area contributed by atoms with Gasteiger partial charge >= 0.3 is 0 Å². The van der Waals surface area contributed by atoms with E-state index >= 15 is 0 Å². The summed E-state index contributed by atoms with van der Waals surface area (Å²) in [6.07, 6.45) is 3.22. The molecule has 2 rings (SSSR count). The zero-order valence-electron chi connectivity index (χ0n) is 11.5. The second-order valence-corrected chi connectivity index (χ2v) is 4.21. The van der Waals surface area contributed by atoms with E-state index in [0.29, 0.717) is 17.9 Å². The minimum Gasteiger partial charge on any atom is -0.489 e. The quantitative estimate of drug-likeness (QED) is 0.502. The summed E-state index contributed by atoms with van der Waals surface area (Å²) in [6, 6.07) is 16.5. The first-order chi connectivity index (χ1) is 10.3. The van der Waals surface area contributed by atoms with Crippen LogP contribution >= 0.6 is 0 Å². The second-order valence-electron chi connectivity index (χ2n) is 4.21. The van der Waals surface area contributed by atoms with Gasteiger partial charge in [-0.2, -0.15) is 5.10 Å². The molecule has 0 unspecified atom stereocenters. The largest absolute Gasteiger partial charge is 0.489 e. The average molecular weight is 280 g/mol. The predicted molar refractivity (Wildman–Crippen MR) is 83.6 cm³/mol. The number of rotatable bonds is 6. The lowest BCUT2D eigenvalue weighted by molar-refractivity contribution is 0.0951. The Hall–Kier alpha value is -2.88. The molecule has 4 nitrogen and oxygen atoms in total. The molecule has 0 saturated heterocycles. The van der Waals surface area contributed by atoms with Gasteiger partial charge in [-0.15, -0.1) is 0 Å². The van der Waals surface area contributed by atoms with Gasteiger partial charge in [-0.1, -0.05) is 55.1 Å². The van der Waals surface area contributed by atoms with Crippen molar-refractivity contribution in [1.82, 2.24) is 5.43 Å². The van der Waals surface area contributed by atoms with Crippen LogP contribution in [0.15, 0.2) is 72.4 Å². The summed E-state index contributed by atoms with van der Waals surface area (Å²) in [7, 11) is 0. The van der Waals surface area contributed by atoms with E-state index in [2.05, 4.69) is 17.1 Å². The highest BCUT2D eigenvalue weighted by Gasteiger charge is 2.10. The van der Waals surface area contributed by atoms with Gasteiger partial charge in [0.05, 0.1) is 11.8 Å². The molecule has 0 aliphatic heterocycles. The normalized spacial score (nSPS) is 10.3. The summed E-state index contributed by atoms with van der Waals surface area (Å²) in [5.41, 5.74) is 3.83. The van der Waals surface area contributed by atoms with Gasteiger partial charge in [0, 0.05) is 0 Å². The van der Waals surface area contributed by atoms with E-state index in [-0.39, 0.29) is 5.91 Å². The Bertz CT molecular complexity index is 636. The standard InChI is InChI=1S/C17H16N2O2/c1-2-12-21-16-11-7-6-10-15(16)17(20)19-18-13-14-8-4-3-5-9-14/h2-11,13H,1,12H2,(H,19,20). The Morgan fingerprint density at radius 2 is 1.86 bits per heavy atom. The minimum atomic E-state index is -0.318. The first-order valence-electron chi connectivity index (χ1n) is 6.52. The number of hydrazone groups is 1. The number of carbonyl (C=O) groups is 1. The first kappa shape index (κ1) is 14.5. The lowest BCUT2D eigenvalue weighted by Crippen LogP contribution is -2.18. The maximum atomic E-state index is 12.1. The fourth-order valence-corrected chi connectivity index (χ4v) is 1.69. The number of amides is 1. The summed E-state index contributed by atoms with van der Waals surface area (Å²) in [5, 5.41) is 3.94. The van der Waals surface area contributed by atoms with Crippen molar-refractivity contribution in [3.05, 3.63) is 78.4 Å². The molecule has 1 N–H and O–H groups in total. The molecule has 0 bridgehead atoms. The Labute approximate surface area is 123 Å². The Morgan fingerprint density at radius 3 is 2.62 bits per heavy atom. The first-order valence-corrected chi connectivity index (χ1v) is 6.52. The maximum absolute atomic E-state index is 12.1. The summed E-state index contributed by atoms with van der Waals surface area (Å²) in [5.74, 6) is 0.187. The number of hydrogen-bond acceptors (Lipinski definition) is 3. The van der Waals surface area contributed by atoms with Gasteiger partial charge < -0.3 is 4.74 Å². The molecule has 0 radical (unpaired) electrons. The molecule has 0 fully saturated rings. The number of ether oxygens (including phenoxy) is 1. The summed E-state index contributed by atoms with van der Waals surface area (Å²) >= 11 is 0. The zero-order chi connectivity index (χ0) is 14.9. The van der Waals surface area contributed by atoms with Gasteiger partial charge in [0.2, 0.25) is 0 Å². The van der Waals surface area contributed by atoms with Crippen LogP contribution < -0.4 is 10.2 Å². The summed E-state index contributed by atoms with van der Waals surface area (Å²) < 4.78 is 5.44. The van der Waals surface area contributed by atoms with Crippen LogP contribution in [0.1, 0.15) is 15.9 Å². The van der Waals surface area contributed by atoms with Crippen LogP contribution in [0, 0.1) is 0 Å². The van der Waals surface area contributed by atoms with Gasteiger partial charge in [-0.05, 0) is 17.7 Å². The molecule has 0 heterocycles. The number of nitrogens with zero attached hydrogens (tertiary/aromatic N) is 1. The van der Waals surface area contributed by atoms with Crippen molar-refractivity contribution < 1.29 is 9.53 Å². The molecule has 2 aromatic carbocycles. The summed E-state index contributed by atoms with van der Waals surface area (Å²) in [4.78, 5) is 12.1. The Morgan fingerprint density at radius 1 is 1.14 bits per heavy atom. The molecule has 0 saturated carbocycles. The van der Waals surface area contributed by atoms with Crippen molar-refractivity contribution in [3.63, 3.8) is 0 Å². The SMILES string of the molecule is C=CCOc1ccccc1C(=O)NN=Cc1ccccc1.